The van der Waals surface area contributed by atoms with Crippen molar-refractivity contribution in [3.05, 3.63) is 24.3 Å². The summed E-state index contributed by atoms with van der Waals surface area (Å²) in [5.41, 5.74) is 2.09. The van der Waals surface area contributed by atoms with Gasteiger partial charge in [0.15, 0.2) is 0 Å². The Labute approximate surface area is 84.2 Å². The normalized spacial score (nSPS) is 11.1. The molecule has 2 rings (SSSR count). The molecule has 0 aliphatic rings. The molecule has 0 bridgehead atoms. The van der Waals surface area contributed by atoms with Crippen molar-refractivity contribution in [3.8, 4) is 0 Å². The van der Waals surface area contributed by atoms with E-state index >= 15 is 0 Å². The Balaban J connectivity index is 2.53. The third-order valence-corrected chi connectivity index (χ3v) is 2.73. The molecule has 0 fully saturated rings. The van der Waals surface area contributed by atoms with Crippen LogP contribution in [0, 0.1) is 0 Å². The second-order valence-corrected chi connectivity index (χ2v) is 4.01. The first kappa shape index (κ1) is 9.25. The summed E-state index contributed by atoms with van der Waals surface area (Å²) >= 11 is 0. The molecule has 2 aromatic rings. The molecule has 0 saturated carbocycles. The van der Waals surface area contributed by atoms with Gasteiger partial charge in [-0.1, -0.05) is 38.0 Å². The number of nitrogens with zero attached hydrogens (tertiary/aromatic N) is 3. The first-order chi connectivity index (χ1) is 6.70. The SMILES string of the molecule is CB(C(C)C)n1nnc2ccccc21. The fourth-order valence-corrected chi connectivity index (χ4v) is 1.47. The van der Waals surface area contributed by atoms with Crippen molar-refractivity contribution < 1.29 is 0 Å². The van der Waals surface area contributed by atoms with Gasteiger partial charge >= 0.3 is 0 Å². The highest BCUT2D eigenvalue weighted by Crippen LogP contribution is 2.15. The molecule has 0 amide bonds. The number of hydrogen-bond donors (Lipinski definition) is 0. The summed E-state index contributed by atoms with van der Waals surface area (Å²) in [5.74, 6) is 0.570. The van der Waals surface area contributed by atoms with Gasteiger partial charge in [0, 0.05) is 0 Å². The summed E-state index contributed by atoms with van der Waals surface area (Å²) in [7, 11) is 0. The lowest BCUT2D eigenvalue weighted by atomic mass is 9.55. The second-order valence-electron chi connectivity index (χ2n) is 4.01. The highest BCUT2D eigenvalue weighted by Gasteiger charge is 2.18. The lowest BCUT2D eigenvalue weighted by Crippen LogP contribution is -2.24. The van der Waals surface area contributed by atoms with E-state index in [1.54, 1.807) is 0 Å². The zero-order valence-electron chi connectivity index (χ0n) is 8.81. The van der Waals surface area contributed by atoms with E-state index < -0.39 is 0 Å². The molecule has 14 heavy (non-hydrogen) atoms. The first-order valence-corrected chi connectivity index (χ1v) is 5.00. The van der Waals surface area contributed by atoms with Crippen LogP contribution < -0.4 is 0 Å². The van der Waals surface area contributed by atoms with Gasteiger partial charge in [-0.25, -0.2) is 0 Å². The Hall–Kier alpha value is -1.32. The van der Waals surface area contributed by atoms with Gasteiger partial charge in [-0.05, 0) is 17.9 Å². The molecule has 0 aliphatic heterocycles. The van der Waals surface area contributed by atoms with Crippen molar-refractivity contribution >= 4 is 17.9 Å². The molecule has 1 aromatic carbocycles. The zero-order chi connectivity index (χ0) is 10.1. The molecule has 0 aliphatic carbocycles. The molecule has 3 nitrogen and oxygen atoms in total. The number of para-hydroxylation sites is 1. The minimum Gasteiger partial charge on any atom is -0.291 e. The van der Waals surface area contributed by atoms with Gasteiger partial charge in [0.25, 0.3) is 6.85 Å². The van der Waals surface area contributed by atoms with Crippen LogP contribution in [-0.2, 0) is 0 Å². The molecule has 4 heteroatoms. The fraction of sp³-hybridized carbons (Fsp3) is 0.400. The number of aromatic nitrogens is 3. The van der Waals surface area contributed by atoms with E-state index in [9.17, 15) is 0 Å². The summed E-state index contributed by atoms with van der Waals surface area (Å²) in [5, 5.41) is 8.32. The van der Waals surface area contributed by atoms with Crippen LogP contribution in [0.25, 0.3) is 11.0 Å². The fourth-order valence-electron chi connectivity index (χ4n) is 1.47. The second kappa shape index (κ2) is 3.44. The van der Waals surface area contributed by atoms with Crippen molar-refractivity contribution in [1.82, 2.24) is 14.9 Å². The van der Waals surface area contributed by atoms with E-state index in [2.05, 4.69) is 37.0 Å². The van der Waals surface area contributed by atoms with Crippen molar-refractivity contribution in [3.63, 3.8) is 0 Å². The summed E-state index contributed by atoms with van der Waals surface area (Å²) in [6, 6.07) is 8.07. The first-order valence-electron chi connectivity index (χ1n) is 5.00. The number of rotatable bonds is 2. The standard InChI is InChI=1S/C10H14BN3/c1-8(2)11(3)14-10-7-5-4-6-9(10)12-13-14/h4-8H,1-3H3. The van der Waals surface area contributed by atoms with Gasteiger partial charge in [-0.2, -0.15) is 0 Å². The van der Waals surface area contributed by atoms with Crippen LogP contribution >= 0.6 is 0 Å². The highest BCUT2D eigenvalue weighted by atomic mass is 15.4. The number of benzene rings is 1. The van der Waals surface area contributed by atoms with Crippen LogP contribution in [-0.4, -0.2) is 21.8 Å². The minimum atomic E-state index is 0.391. The van der Waals surface area contributed by atoms with Crippen molar-refractivity contribution in [1.29, 1.82) is 0 Å². The van der Waals surface area contributed by atoms with Crippen LogP contribution in [0.3, 0.4) is 0 Å². The molecule has 0 spiro atoms. The Morgan fingerprint density at radius 2 is 2.00 bits per heavy atom. The van der Waals surface area contributed by atoms with E-state index in [0.717, 1.165) is 11.0 Å². The monoisotopic (exact) mass is 187 g/mol. The smallest absolute Gasteiger partial charge is 0.286 e. The molecule has 0 radical (unpaired) electrons. The maximum atomic E-state index is 4.18. The topological polar surface area (TPSA) is 30.7 Å². The molecule has 72 valence electrons. The Kier molecular flexibility index (Phi) is 2.27. The zero-order valence-corrected chi connectivity index (χ0v) is 8.81. The lowest BCUT2D eigenvalue weighted by molar-refractivity contribution is 0.844. The van der Waals surface area contributed by atoms with Crippen LogP contribution in [0.15, 0.2) is 24.3 Å². The predicted molar refractivity (Wildman–Crippen MR) is 59.6 cm³/mol. The minimum absolute atomic E-state index is 0.391. The number of fused-ring (bicyclic) bond motifs is 1. The third kappa shape index (κ3) is 1.41. The van der Waals surface area contributed by atoms with Crippen molar-refractivity contribution in [2.75, 3.05) is 0 Å². The molecular formula is C10H14BN3. The van der Waals surface area contributed by atoms with Gasteiger partial charge < -0.3 is 0 Å². The summed E-state index contributed by atoms with van der Waals surface area (Å²) < 4.78 is 2.00. The van der Waals surface area contributed by atoms with Crippen LogP contribution in [0.1, 0.15) is 13.8 Å². The summed E-state index contributed by atoms with van der Waals surface area (Å²) in [6.45, 7) is 6.95. The average Bonchev–Trinajstić information content (AvgIpc) is 2.60. The third-order valence-electron chi connectivity index (χ3n) is 2.73. The van der Waals surface area contributed by atoms with Crippen LogP contribution in [0.2, 0.25) is 12.6 Å². The average molecular weight is 187 g/mol. The molecule has 1 aromatic heterocycles. The largest absolute Gasteiger partial charge is 0.291 e. The van der Waals surface area contributed by atoms with E-state index in [1.807, 2.05) is 22.8 Å². The predicted octanol–water partition coefficient (Wildman–Crippen LogP) is 2.31. The molecule has 1 heterocycles. The lowest BCUT2D eigenvalue weighted by Gasteiger charge is -2.11. The molecule has 0 N–H and O–H groups in total. The Bertz CT molecular complexity index is 436. The molecule has 0 atom stereocenters. The molecule has 0 saturated heterocycles. The van der Waals surface area contributed by atoms with Gasteiger partial charge in [-0.15, -0.1) is 5.10 Å². The van der Waals surface area contributed by atoms with E-state index in [4.69, 9.17) is 0 Å². The number of hydrogen-bond acceptors (Lipinski definition) is 2. The quantitative estimate of drug-likeness (QED) is 0.675. The van der Waals surface area contributed by atoms with Gasteiger partial charge in [0.2, 0.25) is 0 Å². The maximum Gasteiger partial charge on any atom is 0.286 e. The van der Waals surface area contributed by atoms with Gasteiger partial charge in [0.05, 0.1) is 5.52 Å². The van der Waals surface area contributed by atoms with E-state index in [1.165, 1.54) is 0 Å². The molecule has 0 unspecified atom stereocenters. The van der Waals surface area contributed by atoms with Crippen LogP contribution in [0.5, 0.6) is 0 Å². The van der Waals surface area contributed by atoms with E-state index in [0.29, 0.717) is 12.7 Å². The Morgan fingerprint density at radius 1 is 1.29 bits per heavy atom. The summed E-state index contributed by atoms with van der Waals surface area (Å²) in [4.78, 5) is 0. The van der Waals surface area contributed by atoms with Gasteiger partial charge in [0.1, 0.15) is 5.52 Å². The maximum absolute atomic E-state index is 4.18. The van der Waals surface area contributed by atoms with Crippen molar-refractivity contribution in [2.45, 2.75) is 26.5 Å². The van der Waals surface area contributed by atoms with Crippen LogP contribution in [0.4, 0.5) is 0 Å². The molecular weight excluding hydrogens is 173 g/mol. The Morgan fingerprint density at radius 3 is 2.71 bits per heavy atom. The van der Waals surface area contributed by atoms with E-state index in [-0.39, 0.29) is 0 Å². The summed E-state index contributed by atoms with van der Waals surface area (Å²) in [6.07, 6.45) is 0. The van der Waals surface area contributed by atoms with Crippen molar-refractivity contribution in [2.24, 2.45) is 0 Å². The van der Waals surface area contributed by atoms with Gasteiger partial charge in [-0.3, -0.25) is 4.59 Å². The highest BCUT2D eigenvalue weighted by molar-refractivity contribution is 6.57.